The van der Waals surface area contributed by atoms with Crippen LogP contribution < -0.4 is 15.5 Å². The van der Waals surface area contributed by atoms with Crippen LogP contribution in [0.2, 0.25) is 0 Å². The van der Waals surface area contributed by atoms with E-state index in [9.17, 15) is 0 Å². The van der Waals surface area contributed by atoms with Gasteiger partial charge in [-0.05, 0) is 20.3 Å². The van der Waals surface area contributed by atoms with E-state index in [0.717, 1.165) is 32.5 Å². The van der Waals surface area contributed by atoms with Crippen LogP contribution in [0, 0.1) is 0 Å². The van der Waals surface area contributed by atoms with Crippen molar-refractivity contribution in [2.24, 2.45) is 0 Å². The molecule has 1 heterocycles. The van der Waals surface area contributed by atoms with Crippen molar-refractivity contribution in [2.75, 3.05) is 42.2 Å². The van der Waals surface area contributed by atoms with Gasteiger partial charge in [-0.25, -0.2) is 0 Å². The summed E-state index contributed by atoms with van der Waals surface area (Å²) in [6, 6.07) is 0. The van der Waals surface area contributed by atoms with Gasteiger partial charge in [0.1, 0.15) is 0 Å². The second-order valence-corrected chi connectivity index (χ2v) is 4.24. The summed E-state index contributed by atoms with van der Waals surface area (Å²) >= 11 is 0. The fourth-order valence-electron chi connectivity index (χ4n) is 1.68. The molecule has 0 aliphatic heterocycles. The van der Waals surface area contributed by atoms with E-state index in [1.807, 2.05) is 11.9 Å². The zero-order valence-electron chi connectivity index (χ0n) is 11.8. The van der Waals surface area contributed by atoms with Gasteiger partial charge in [0.05, 0.1) is 0 Å². The van der Waals surface area contributed by atoms with Crippen LogP contribution >= 0.6 is 0 Å². The van der Waals surface area contributed by atoms with Gasteiger partial charge in [-0.1, -0.05) is 13.3 Å². The van der Waals surface area contributed by atoms with Gasteiger partial charge >= 0.3 is 0 Å². The summed E-state index contributed by atoms with van der Waals surface area (Å²) in [6.45, 7) is 8.96. The Morgan fingerprint density at radius 1 is 1.00 bits per heavy atom. The Kier molecular flexibility index (Phi) is 5.61. The third-order valence-corrected chi connectivity index (χ3v) is 2.86. The summed E-state index contributed by atoms with van der Waals surface area (Å²) in [6.07, 6.45) is 2.26. The summed E-state index contributed by atoms with van der Waals surface area (Å²) < 4.78 is 0. The lowest BCUT2D eigenvalue weighted by Gasteiger charge is -2.21. The van der Waals surface area contributed by atoms with Gasteiger partial charge in [0.2, 0.25) is 17.8 Å². The van der Waals surface area contributed by atoms with Crippen LogP contribution in [0.4, 0.5) is 17.8 Å². The Morgan fingerprint density at radius 3 is 2.17 bits per heavy atom. The highest BCUT2D eigenvalue weighted by molar-refractivity contribution is 5.42. The normalized spacial score (nSPS) is 10.4. The number of rotatable bonds is 7. The zero-order chi connectivity index (χ0) is 13.5. The molecule has 0 atom stereocenters. The van der Waals surface area contributed by atoms with Crippen LogP contribution in [0.3, 0.4) is 0 Å². The number of anilines is 3. The Morgan fingerprint density at radius 2 is 1.61 bits per heavy atom. The van der Waals surface area contributed by atoms with Crippen molar-refractivity contribution in [1.29, 1.82) is 0 Å². The second kappa shape index (κ2) is 6.98. The number of nitrogen functional groups attached to an aromatic ring is 1. The molecule has 0 fully saturated rings. The van der Waals surface area contributed by atoms with Crippen molar-refractivity contribution < 1.29 is 0 Å². The SMILES string of the molecule is CCCCN(C)c1nc(N)nc(N(CC)CC)n1. The van der Waals surface area contributed by atoms with Crippen molar-refractivity contribution in [3.05, 3.63) is 0 Å². The van der Waals surface area contributed by atoms with E-state index in [1.54, 1.807) is 0 Å². The molecule has 0 bridgehead atoms. The lowest BCUT2D eigenvalue weighted by atomic mass is 10.3. The summed E-state index contributed by atoms with van der Waals surface area (Å²) in [5.41, 5.74) is 5.76. The van der Waals surface area contributed by atoms with Gasteiger partial charge in [0, 0.05) is 26.7 Å². The van der Waals surface area contributed by atoms with Crippen molar-refractivity contribution in [1.82, 2.24) is 15.0 Å². The summed E-state index contributed by atoms with van der Waals surface area (Å²) in [4.78, 5) is 17.0. The predicted octanol–water partition coefficient (Wildman–Crippen LogP) is 1.54. The Labute approximate surface area is 109 Å². The minimum absolute atomic E-state index is 0.283. The van der Waals surface area contributed by atoms with E-state index in [2.05, 4.69) is 40.6 Å². The number of unbranched alkanes of at least 4 members (excludes halogenated alkanes) is 1. The van der Waals surface area contributed by atoms with Crippen LogP contribution in [-0.2, 0) is 0 Å². The van der Waals surface area contributed by atoms with Crippen molar-refractivity contribution in [3.63, 3.8) is 0 Å². The molecule has 0 amide bonds. The van der Waals surface area contributed by atoms with Crippen molar-refractivity contribution in [3.8, 4) is 0 Å². The molecule has 18 heavy (non-hydrogen) atoms. The maximum atomic E-state index is 5.76. The molecule has 6 nitrogen and oxygen atoms in total. The Hall–Kier alpha value is -1.59. The molecule has 1 aromatic rings. The Balaban J connectivity index is 2.92. The molecule has 1 aromatic heterocycles. The molecule has 0 aliphatic carbocycles. The minimum Gasteiger partial charge on any atom is -0.368 e. The third-order valence-electron chi connectivity index (χ3n) is 2.86. The van der Waals surface area contributed by atoms with Gasteiger partial charge in [0.25, 0.3) is 0 Å². The first kappa shape index (κ1) is 14.5. The molecule has 102 valence electrons. The molecule has 2 N–H and O–H groups in total. The van der Waals surface area contributed by atoms with E-state index < -0.39 is 0 Å². The summed E-state index contributed by atoms with van der Waals surface area (Å²) in [5.74, 6) is 1.59. The van der Waals surface area contributed by atoms with Crippen molar-refractivity contribution >= 4 is 17.8 Å². The zero-order valence-corrected chi connectivity index (χ0v) is 11.8. The number of aromatic nitrogens is 3. The third kappa shape index (κ3) is 3.72. The first-order valence-electron chi connectivity index (χ1n) is 6.59. The fraction of sp³-hybridized carbons (Fsp3) is 0.750. The van der Waals surface area contributed by atoms with Crippen LogP contribution in [0.15, 0.2) is 0 Å². The lowest BCUT2D eigenvalue weighted by Crippen LogP contribution is -2.27. The molecular weight excluding hydrogens is 228 g/mol. The average molecular weight is 252 g/mol. The van der Waals surface area contributed by atoms with Crippen LogP contribution in [0.5, 0.6) is 0 Å². The van der Waals surface area contributed by atoms with Gasteiger partial charge in [-0.3, -0.25) is 0 Å². The first-order valence-corrected chi connectivity index (χ1v) is 6.59. The molecule has 0 radical (unpaired) electrons. The topological polar surface area (TPSA) is 71.2 Å². The van der Waals surface area contributed by atoms with E-state index >= 15 is 0 Å². The van der Waals surface area contributed by atoms with Gasteiger partial charge in [0.15, 0.2) is 0 Å². The van der Waals surface area contributed by atoms with E-state index in [1.165, 1.54) is 0 Å². The molecule has 6 heteroatoms. The maximum absolute atomic E-state index is 5.76. The molecule has 0 saturated heterocycles. The molecule has 1 rings (SSSR count). The van der Waals surface area contributed by atoms with Gasteiger partial charge < -0.3 is 15.5 Å². The molecule has 0 unspecified atom stereocenters. The van der Waals surface area contributed by atoms with Crippen LogP contribution in [0.25, 0.3) is 0 Å². The first-order chi connectivity index (χ1) is 8.62. The standard InChI is InChI=1S/C12H24N6/c1-5-8-9-17(4)11-14-10(13)15-12(16-11)18(6-2)7-3/h5-9H2,1-4H3,(H2,13,14,15,16). The largest absolute Gasteiger partial charge is 0.368 e. The van der Waals surface area contributed by atoms with E-state index in [4.69, 9.17) is 5.73 Å². The Bertz CT molecular complexity index is 364. The molecular formula is C12H24N6. The van der Waals surface area contributed by atoms with Gasteiger partial charge in [-0.15, -0.1) is 0 Å². The van der Waals surface area contributed by atoms with Crippen LogP contribution in [-0.4, -0.2) is 41.6 Å². The number of hydrogen-bond donors (Lipinski definition) is 1. The monoisotopic (exact) mass is 252 g/mol. The second-order valence-electron chi connectivity index (χ2n) is 4.24. The molecule has 0 spiro atoms. The quantitative estimate of drug-likeness (QED) is 0.793. The average Bonchev–Trinajstić information content (AvgIpc) is 2.36. The number of hydrogen-bond acceptors (Lipinski definition) is 6. The lowest BCUT2D eigenvalue weighted by molar-refractivity contribution is 0.741. The molecule has 0 saturated carbocycles. The smallest absolute Gasteiger partial charge is 0.231 e. The molecule has 0 aliphatic rings. The maximum Gasteiger partial charge on any atom is 0.231 e. The van der Waals surface area contributed by atoms with Crippen LogP contribution in [0.1, 0.15) is 33.6 Å². The molecule has 0 aromatic carbocycles. The summed E-state index contributed by atoms with van der Waals surface area (Å²) in [7, 11) is 1.98. The highest BCUT2D eigenvalue weighted by Crippen LogP contribution is 2.14. The number of nitrogens with two attached hydrogens (primary N) is 1. The minimum atomic E-state index is 0.283. The fourth-order valence-corrected chi connectivity index (χ4v) is 1.68. The van der Waals surface area contributed by atoms with Gasteiger partial charge in [-0.2, -0.15) is 15.0 Å². The highest BCUT2D eigenvalue weighted by Gasteiger charge is 2.12. The predicted molar refractivity (Wildman–Crippen MR) is 76.0 cm³/mol. The van der Waals surface area contributed by atoms with Crippen molar-refractivity contribution in [2.45, 2.75) is 33.6 Å². The van der Waals surface area contributed by atoms with E-state index in [-0.39, 0.29) is 5.95 Å². The summed E-state index contributed by atoms with van der Waals surface area (Å²) in [5, 5.41) is 0. The highest BCUT2D eigenvalue weighted by atomic mass is 15.3. The number of nitrogens with zero attached hydrogens (tertiary/aromatic N) is 5. The van der Waals surface area contributed by atoms with E-state index in [0.29, 0.717) is 11.9 Å².